The maximum atomic E-state index is 12.8. The summed E-state index contributed by atoms with van der Waals surface area (Å²) in [6, 6.07) is 15.0. The Morgan fingerprint density at radius 1 is 0.893 bits per heavy atom. The molecule has 6 heteroatoms. The van der Waals surface area contributed by atoms with Crippen molar-refractivity contribution in [2.24, 2.45) is 0 Å². The maximum absolute atomic E-state index is 12.8. The molecule has 0 bridgehead atoms. The molecule has 1 N–H and O–H groups in total. The van der Waals surface area contributed by atoms with Gasteiger partial charge in [0.2, 0.25) is 10.0 Å². The van der Waals surface area contributed by atoms with Crippen LogP contribution in [0, 0.1) is 0 Å². The van der Waals surface area contributed by atoms with Crippen molar-refractivity contribution in [3.05, 3.63) is 54.1 Å². The summed E-state index contributed by atoms with van der Waals surface area (Å²) in [5.74, 6) is -0.775. The first-order valence-electron chi connectivity index (χ1n) is 9.79. The van der Waals surface area contributed by atoms with E-state index in [0.717, 1.165) is 36.0 Å². The van der Waals surface area contributed by atoms with E-state index in [0.29, 0.717) is 24.4 Å². The Kier molecular flexibility index (Phi) is 8.20. The summed E-state index contributed by atoms with van der Waals surface area (Å²) in [4.78, 5) is 10.9. The number of aryl methyl sites for hydroxylation is 1. The molecule has 152 valence electrons. The van der Waals surface area contributed by atoms with Gasteiger partial charge in [0.1, 0.15) is 0 Å². The normalized spacial score (nSPS) is 11.7. The Balaban J connectivity index is 2.12. The number of benzene rings is 2. The molecule has 28 heavy (non-hydrogen) atoms. The number of rotatable bonds is 11. The van der Waals surface area contributed by atoms with Crippen LogP contribution in [0.1, 0.15) is 45.1 Å². The highest BCUT2D eigenvalue weighted by atomic mass is 32.2. The van der Waals surface area contributed by atoms with Gasteiger partial charge in [-0.3, -0.25) is 4.79 Å². The summed E-state index contributed by atoms with van der Waals surface area (Å²) in [6.07, 6.45) is 3.10. The average Bonchev–Trinajstić information content (AvgIpc) is 2.68. The molecular formula is C22H29NO4S. The quantitative estimate of drug-likeness (QED) is 0.596. The number of nitrogens with zero attached hydrogens (tertiary/aromatic N) is 1. The van der Waals surface area contributed by atoms with Crippen molar-refractivity contribution in [2.45, 2.75) is 50.8 Å². The van der Waals surface area contributed by atoms with Gasteiger partial charge in [-0.1, -0.05) is 50.2 Å². The molecule has 0 aliphatic carbocycles. The maximum Gasteiger partial charge on any atom is 0.303 e. The fourth-order valence-corrected chi connectivity index (χ4v) is 4.75. The van der Waals surface area contributed by atoms with Crippen molar-refractivity contribution in [2.75, 3.05) is 13.1 Å². The molecule has 0 aliphatic heterocycles. The number of aliphatic carboxylic acids is 1. The minimum absolute atomic E-state index is 0.171. The van der Waals surface area contributed by atoms with Crippen LogP contribution in [0.4, 0.5) is 0 Å². The highest BCUT2D eigenvalue weighted by Crippen LogP contribution is 2.24. The number of hydrogen-bond acceptors (Lipinski definition) is 3. The van der Waals surface area contributed by atoms with E-state index in [1.54, 1.807) is 16.4 Å². The fourth-order valence-electron chi connectivity index (χ4n) is 3.13. The first kappa shape index (κ1) is 22.1. The third-order valence-electron chi connectivity index (χ3n) is 4.58. The van der Waals surface area contributed by atoms with Crippen molar-refractivity contribution in [3.8, 4) is 11.1 Å². The van der Waals surface area contributed by atoms with Gasteiger partial charge >= 0.3 is 5.97 Å². The molecule has 2 aromatic rings. The summed E-state index contributed by atoms with van der Waals surface area (Å²) in [7, 11) is -3.46. The molecule has 0 aromatic heterocycles. The lowest BCUT2D eigenvalue weighted by Gasteiger charge is -2.21. The van der Waals surface area contributed by atoms with E-state index >= 15 is 0 Å². The average molecular weight is 404 g/mol. The van der Waals surface area contributed by atoms with E-state index < -0.39 is 16.0 Å². The first-order valence-corrected chi connectivity index (χ1v) is 11.2. The molecule has 0 unspecified atom stereocenters. The molecule has 0 aliphatic rings. The lowest BCUT2D eigenvalue weighted by Crippen LogP contribution is -2.32. The molecule has 0 heterocycles. The zero-order valence-corrected chi connectivity index (χ0v) is 17.4. The Bertz CT molecular complexity index is 852. The standard InChI is InChI=1S/C22H29NO4S/c1-3-16-23(17-4-2)28(26,27)21-14-12-20(13-15-21)19-10-8-18(9-11-19)6-5-7-22(24)25/h8-15H,3-7,16-17H2,1-2H3,(H,24,25). The molecule has 0 spiro atoms. The van der Waals surface area contributed by atoms with E-state index in [-0.39, 0.29) is 6.42 Å². The van der Waals surface area contributed by atoms with Crippen LogP contribution in [-0.2, 0) is 21.2 Å². The Hall–Kier alpha value is -2.18. The van der Waals surface area contributed by atoms with E-state index in [2.05, 4.69) is 0 Å². The summed E-state index contributed by atoms with van der Waals surface area (Å²) in [5.41, 5.74) is 3.05. The zero-order valence-electron chi connectivity index (χ0n) is 16.6. The van der Waals surface area contributed by atoms with Crippen molar-refractivity contribution >= 4 is 16.0 Å². The number of sulfonamides is 1. The Morgan fingerprint density at radius 2 is 1.39 bits per heavy atom. The lowest BCUT2D eigenvalue weighted by molar-refractivity contribution is -0.137. The molecular weight excluding hydrogens is 374 g/mol. The SMILES string of the molecule is CCCN(CCC)S(=O)(=O)c1ccc(-c2ccc(CCCC(=O)O)cc2)cc1. The van der Waals surface area contributed by atoms with Gasteiger partial charge in [-0.2, -0.15) is 4.31 Å². The molecule has 0 radical (unpaired) electrons. The predicted octanol–water partition coefficient (Wildman–Crippen LogP) is 4.57. The van der Waals surface area contributed by atoms with Crippen molar-refractivity contribution in [3.63, 3.8) is 0 Å². The zero-order chi connectivity index (χ0) is 20.6. The second-order valence-corrected chi connectivity index (χ2v) is 8.81. The van der Waals surface area contributed by atoms with Crippen LogP contribution in [0.15, 0.2) is 53.4 Å². The van der Waals surface area contributed by atoms with Gasteiger partial charge in [0.15, 0.2) is 0 Å². The van der Waals surface area contributed by atoms with Gasteiger partial charge in [0.05, 0.1) is 4.90 Å². The molecule has 0 saturated heterocycles. The fraction of sp³-hybridized carbons (Fsp3) is 0.409. The monoisotopic (exact) mass is 403 g/mol. The van der Waals surface area contributed by atoms with Crippen LogP contribution in [0.2, 0.25) is 0 Å². The predicted molar refractivity (Wildman–Crippen MR) is 112 cm³/mol. The van der Waals surface area contributed by atoms with Gasteiger partial charge in [0, 0.05) is 19.5 Å². The molecule has 0 fully saturated rings. The topological polar surface area (TPSA) is 74.7 Å². The second-order valence-electron chi connectivity index (χ2n) is 6.87. The van der Waals surface area contributed by atoms with Crippen molar-refractivity contribution < 1.29 is 18.3 Å². The highest BCUT2D eigenvalue weighted by molar-refractivity contribution is 7.89. The number of carboxylic acids is 1. The van der Waals surface area contributed by atoms with Crippen LogP contribution in [0.25, 0.3) is 11.1 Å². The number of carboxylic acid groups (broad SMARTS) is 1. The Labute approximate surface area is 168 Å². The first-order chi connectivity index (χ1) is 13.4. The third-order valence-corrected chi connectivity index (χ3v) is 6.49. The molecule has 0 amide bonds. The molecule has 2 aromatic carbocycles. The van der Waals surface area contributed by atoms with Crippen LogP contribution in [0.5, 0.6) is 0 Å². The van der Waals surface area contributed by atoms with Crippen LogP contribution < -0.4 is 0 Å². The highest BCUT2D eigenvalue weighted by Gasteiger charge is 2.22. The minimum Gasteiger partial charge on any atom is -0.481 e. The Morgan fingerprint density at radius 3 is 1.86 bits per heavy atom. The second kappa shape index (κ2) is 10.4. The van der Waals surface area contributed by atoms with Gasteiger partial charge in [-0.05, 0) is 54.5 Å². The number of hydrogen-bond donors (Lipinski definition) is 1. The van der Waals surface area contributed by atoms with Crippen molar-refractivity contribution in [1.29, 1.82) is 0 Å². The van der Waals surface area contributed by atoms with Crippen LogP contribution in [0.3, 0.4) is 0 Å². The van der Waals surface area contributed by atoms with Gasteiger partial charge in [-0.15, -0.1) is 0 Å². The van der Waals surface area contributed by atoms with Crippen LogP contribution >= 0.6 is 0 Å². The summed E-state index contributed by atoms with van der Waals surface area (Å²) < 4.78 is 27.2. The lowest BCUT2D eigenvalue weighted by atomic mass is 10.0. The van der Waals surface area contributed by atoms with E-state index in [1.807, 2.05) is 50.2 Å². The number of carbonyl (C=O) groups is 1. The smallest absolute Gasteiger partial charge is 0.303 e. The third kappa shape index (κ3) is 5.91. The summed E-state index contributed by atoms with van der Waals surface area (Å²) >= 11 is 0. The summed E-state index contributed by atoms with van der Waals surface area (Å²) in [5, 5.41) is 8.71. The molecule has 5 nitrogen and oxygen atoms in total. The molecule has 0 atom stereocenters. The van der Waals surface area contributed by atoms with E-state index in [9.17, 15) is 13.2 Å². The summed E-state index contributed by atoms with van der Waals surface area (Å²) in [6.45, 7) is 5.02. The van der Waals surface area contributed by atoms with Crippen molar-refractivity contribution in [1.82, 2.24) is 4.31 Å². The van der Waals surface area contributed by atoms with E-state index in [1.165, 1.54) is 0 Å². The van der Waals surface area contributed by atoms with Gasteiger partial charge in [0.25, 0.3) is 0 Å². The van der Waals surface area contributed by atoms with Crippen LogP contribution in [-0.4, -0.2) is 36.9 Å². The minimum atomic E-state index is -3.46. The van der Waals surface area contributed by atoms with Gasteiger partial charge < -0.3 is 5.11 Å². The molecule has 2 rings (SSSR count). The molecule has 0 saturated carbocycles. The largest absolute Gasteiger partial charge is 0.481 e. The van der Waals surface area contributed by atoms with E-state index in [4.69, 9.17) is 5.11 Å². The van der Waals surface area contributed by atoms with Gasteiger partial charge in [-0.25, -0.2) is 8.42 Å².